The molecule has 2 aromatic heterocycles. The van der Waals surface area contributed by atoms with E-state index in [9.17, 15) is 4.79 Å². The number of rotatable bonds is 7. The average Bonchev–Trinajstić information content (AvgIpc) is 3.42. The summed E-state index contributed by atoms with van der Waals surface area (Å²) in [5.41, 5.74) is 5.99. The standard InChI is InChI=1S/C33H37N3O3/c1-5-36-22(4)28(24-15-10-11-17-27(24)36)33(25-16-12-20-34-30(25)32(37)39-33)26-19-18-21(3)29(31(26)38-6-2)35-23-13-8-7-9-14-23/h10-12,15-20,23,35H,5-9,13-14H2,1-4H3. The van der Waals surface area contributed by atoms with Crippen molar-refractivity contribution >= 4 is 22.6 Å². The highest BCUT2D eigenvalue weighted by Gasteiger charge is 2.53. The molecule has 0 radical (unpaired) electrons. The van der Waals surface area contributed by atoms with E-state index in [1.807, 2.05) is 19.1 Å². The monoisotopic (exact) mass is 523 g/mol. The van der Waals surface area contributed by atoms with Crippen molar-refractivity contribution in [3.8, 4) is 5.75 Å². The van der Waals surface area contributed by atoms with E-state index in [0.29, 0.717) is 18.3 Å². The number of anilines is 1. The van der Waals surface area contributed by atoms with Gasteiger partial charge in [0.1, 0.15) is 0 Å². The Bertz CT molecular complexity index is 1550. The lowest BCUT2D eigenvalue weighted by Crippen LogP contribution is -2.32. The summed E-state index contributed by atoms with van der Waals surface area (Å²) in [5, 5.41) is 4.91. The van der Waals surface area contributed by atoms with E-state index in [-0.39, 0.29) is 0 Å². The second-order valence-electron chi connectivity index (χ2n) is 10.7. The van der Waals surface area contributed by atoms with Crippen LogP contribution in [0.15, 0.2) is 54.7 Å². The van der Waals surface area contributed by atoms with Gasteiger partial charge in [0.15, 0.2) is 17.0 Å². The number of carbonyl (C=O) groups is 1. The van der Waals surface area contributed by atoms with Crippen LogP contribution in [0.4, 0.5) is 5.69 Å². The first-order chi connectivity index (χ1) is 19.0. The molecule has 1 saturated carbocycles. The molecule has 0 amide bonds. The highest BCUT2D eigenvalue weighted by Crippen LogP contribution is 2.54. The molecular formula is C33H37N3O3. The van der Waals surface area contributed by atoms with Gasteiger partial charge < -0.3 is 19.4 Å². The first-order valence-electron chi connectivity index (χ1n) is 14.3. The fourth-order valence-electron chi connectivity index (χ4n) is 6.78. The number of ether oxygens (including phenoxy) is 2. The Labute approximate surface area is 230 Å². The summed E-state index contributed by atoms with van der Waals surface area (Å²) >= 11 is 0. The van der Waals surface area contributed by atoms with Crippen LogP contribution in [0, 0.1) is 13.8 Å². The van der Waals surface area contributed by atoms with Gasteiger partial charge in [-0.3, -0.25) is 0 Å². The molecule has 1 unspecified atom stereocenters. The van der Waals surface area contributed by atoms with Crippen LogP contribution in [-0.4, -0.2) is 28.2 Å². The second-order valence-corrected chi connectivity index (χ2v) is 10.7. The predicted molar refractivity (Wildman–Crippen MR) is 155 cm³/mol. The molecular weight excluding hydrogens is 486 g/mol. The van der Waals surface area contributed by atoms with Gasteiger partial charge in [-0.15, -0.1) is 0 Å². The number of para-hydroxylation sites is 1. The number of nitrogens with zero attached hydrogens (tertiary/aromatic N) is 2. The topological polar surface area (TPSA) is 65.4 Å². The lowest BCUT2D eigenvalue weighted by molar-refractivity contribution is 0.0243. The number of hydrogen-bond donors (Lipinski definition) is 1. The zero-order valence-electron chi connectivity index (χ0n) is 23.3. The molecule has 202 valence electrons. The summed E-state index contributed by atoms with van der Waals surface area (Å²) in [5.74, 6) is 0.337. The molecule has 2 aromatic carbocycles. The van der Waals surface area contributed by atoms with Gasteiger partial charge in [-0.25, -0.2) is 9.78 Å². The van der Waals surface area contributed by atoms with Crippen molar-refractivity contribution in [1.82, 2.24) is 9.55 Å². The van der Waals surface area contributed by atoms with E-state index in [1.54, 1.807) is 6.20 Å². The number of aromatic nitrogens is 2. The molecule has 1 atom stereocenters. The highest BCUT2D eigenvalue weighted by molar-refractivity contribution is 5.97. The SMILES string of the molecule is CCOc1c(C2(c3c(C)n(CC)c4ccccc34)OC(=O)c3ncccc32)ccc(C)c1NC1CCCCC1. The van der Waals surface area contributed by atoms with Crippen molar-refractivity contribution in [1.29, 1.82) is 0 Å². The first kappa shape index (κ1) is 25.5. The minimum atomic E-state index is -1.20. The van der Waals surface area contributed by atoms with Crippen LogP contribution >= 0.6 is 0 Å². The highest BCUT2D eigenvalue weighted by atomic mass is 16.6. The van der Waals surface area contributed by atoms with Crippen molar-refractivity contribution in [3.63, 3.8) is 0 Å². The molecule has 6 heteroatoms. The summed E-state index contributed by atoms with van der Waals surface area (Å²) in [6, 6.07) is 16.8. The fourth-order valence-corrected chi connectivity index (χ4v) is 6.78. The number of pyridine rings is 1. The number of nitrogens with one attached hydrogen (secondary N) is 1. The molecule has 4 aromatic rings. The largest absolute Gasteiger partial charge is 0.491 e. The third kappa shape index (κ3) is 3.91. The maximum absolute atomic E-state index is 13.5. The average molecular weight is 524 g/mol. The van der Waals surface area contributed by atoms with Crippen LogP contribution in [0.2, 0.25) is 0 Å². The third-order valence-corrected chi connectivity index (χ3v) is 8.51. The number of hydrogen-bond acceptors (Lipinski definition) is 5. The lowest BCUT2D eigenvalue weighted by atomic mass is 9.78. The van der Waals surface area contributed by atoms with Crippen molar-refractivity contribution < 1.29 is 14.3 Å². The van der Waals surface area contributed by atoms with Crippen molar-refractivity contribution in [2.45, 2.75) is 78.0 Å². The molecule has 1 aliphatic carbocycles. The smallest absolute Gasteiger partial charge is 0.358 e. The van der Waals surface area contributed by atoms with E-state index in [2.05, 4.69) is 72.0 Å². The summed E-state index contributed by atoms with van der Waals surface area (Å²) in [6.07, 6.45) is 7.70. The summed E-state index contributed by atoms with van der Waals surface area (Å²) in [4.78, 5) is 18.0. The molecule has 0 saturated heterocycles. The Morgan fingerprint density at radius 3 is 2.59 bits per heavy atom. The molecule has 6 nitrogen and oxygen atoms in total. The number of esters is 1. The second kappa shape index (κ2) is 10.1. The number of aryl methyl sites for hydroxylation is 2. The molecule has 1 fully saturated rings. The van der Waals surface area contributed by atoms with Crippen molar-refractivity contribution in [2.24, 2.45) is 0 Å². The maximum Gasteiger partial charge on any atom is 0.358 e. The fraction of sp³-hybridized carbons (Fsp3) is 0.394. The van der Waals surface area contributed by atoms with Gasteiger partial charge in [0.25, 0.3) is 0 Å². The summed E-state index contributed by atoms with van der Waals surface area (Å²) < 4.78 is 15.4. The molecule has 3 heterocycles. The van der Waals surface area contributed by atoms with Crippen LogP contribution < -0.4 is 10.1 Å². The minimum Gasteiger partial charge on any atom is -0.491 e. The molecule has 1 N–H and O–H groups in total. The van der Waals surface area contributed by atoms with E-state index < -0.39 is 11.6 Å². The van der Waals surface area contributed by atoms with E-state index in [0.717, 1.165) is 69.7 Å². The van der Waals surface area contributed by atoms with E-state index >= 15 is 0 Å². The molecule has 1 aliphatic heterocycles. The predicted octanol–water partition coefficient (Wildman–Crippen LogP) is 7.28. The molecule has 39 heavy (non-hydrogen) atoms. The van der Waals surface area contributed by atoms with Crippen LogP contribution in [0.1, 0.15) is 84.4 Å². The van der Waals surface area contributed by atoms with Gasteiger partial charge in [-0.2, -0.15) is 0 Å². The normalized spacial score (nSPS) is 19.2. The quantitative estimate of drug-likeness (QED) is 0.258. The van der Waals surface area contributed by atoms with Crippen LogP contribution in [0.3, 0.4) is 0 Å². The van der Waals surface area contributed by atoms with Gasteiger partial charge in [-0.1, -0.05) is 55.7 Å². The van der Waals surface area contributed by atoms with Crippen molar-refractivity contribution in [2.75, 3.05) is 11.9 Å². The van der Waals surface area contributed by atoms with E-state index in [1.165, 1.54) is 19.3 Å². The van der Waals surface area contributed by atoms with Crippen LogP contribution in [0.5, 0.6) is 5.75 Å². The Morgan fingerprint density at radius 2 is 1.82 bits per heavy atom. The Hall–Kier alpha value is -3.80. The number of benzene rings is 2. The maximum atomic E-state index is 13.5. The van der Waals surface area contributed by atoms with Crippen LogP contribution in [0.25, 0.3) is 10.9 Å². The Morgan fingerprint density at radius 1 is 1.03 bits per heavy atom. The zero-order chi connectivity index (χ0) is 27.1. The van der Waals surface area contributed by atoms with Crippen LogP contribution in [-0.2, 0) is 16.9 Å². The Kier molecular flexibility index (Phi) is 6.57. The lowest BCUT2D eigenvalue weighted by Gasteiger charge is -2.34. The molecule has 0 spiro atoms. The minimum absolute atomic E-state index is 0.357. The Balaban J connectivity index is 1.69. The van der Waals surface area contributed by atoms with E-state index in [4.69, 9.17) is 9.47 Å². The first-order valence-corrected chi connectivity index (χ1v) is 14.3. The van der Waals surface area contributed by atoms with Crippen molar-refractivity contribution in [3.05, 3.63) is 88.4 Å². The van der Waals surface area contributed by atoms with Gasteiger partial charge >= 0.3 is 5.97 Å². The third-order valence-electron chi connectivity index (χ3n) is 8.51. The molecule has 0 bridgehead atoms. The zero-order valence-corrected chi connectivity index (χ0v) is 23.3. The number of cyclic esters (lactones) is 1. The molecule has 2 aliphatic rings. The molecule has 6 rings (SSSR count). The van der Waals surface area contributed by atoms with Gasteiger partial charge in [0.2, 0.25) is 0 Å². The summed E-state index contributed by atoms with van der Waals surface area (Å²) in [6.45, 7) is 9.70. The summed E-state index contributed by atoms with van der Waals surface area (Å²) in [7, 11) is 0. The van der Waals surface area contributed by atoms with Gasteiger partial charge in [-0.05, 0) is 58.2 Å². The van der Waals surface area contributed by atoms with Gasteiger partial charge in [0.05, 0.1) is 12.3 Å². The number of carbonyl (C=O) groups excluding carboxylic acids is 1. The van der Waals surface area contributed by atoms with Gasteiger partial charge in [0, 0.05) is 52.1 Å². The number of fused-ring (bicyclic) bond motifs is 2.